The van der Waals surface area contributed by atoms with Crippen LogP contribution in [0.3, 0.4) is 0 Å². The van der Waals surface area contributed by atoms with E-state index in [1.54, 1.807) is 7.11 Å². The molecule has 0 fully saturated rings. The minimum absolute atomic E-state index is 0.232. The lowest BCUT2D eigenvalue weighted by atomic mass is 10.00. The summed E-state index contributed by atoms with van der Waals surface area (Å²) in [6.45, 7) is 7.39. The van der Waals surface area contributed by atoms with Crippen LogP contribution in [-0.2, 0) is 0 Å². The van der Waals surface area contributed by atoms with E-state index >= 15 is 0 Å². The number of rotatable bonds is 7. The first-order chi connectivity index (χ1) is 10.2. The largest absolute Gasteiger partial charge is 0.497 e. The first-order valence-electron chi connectivity index (χ1n) is 7.54. The molecule has 1 aromatic heterocycles. The molecule has 0 aliphatic rings. The third-order valence-corrected chi connectivity index (χ3v) is 3.73. The standard InChI is InChI=1S/C17H25N3O/c1-5-11-18-17(14(3)20-12-10-13(2)19-20)15-6-8-16(21-4)9-7-15/h6-10,12,14,17-18H,5,11H2,1-4H3. The van der Waals surface area contributed by atoms with E-state index in [4.69, 9.17) is 4.74 Å². The van der Waals surface area contributed by atoms with Crippen molar-refractivity contribution in [3.63, 3.8) is 0 Å². The second-order valence-electron chi connectivity index (χ2n) is 5.38. The van der Waals surface area contributed by atoms with Crippen molar-refractivity contribution in [1.82, 2.24) is 15.1 Å². The zero-order chi connectivity index (χ0) is 15.2. The van der Waals surface area contributed by atoms with Gasteiger partial charge in [0, 0.05) is 6.20 Å². The Morgan fingerprint density at radius 3 is 2.48 bits per heavy atom. The summed E-state index contributed by atoms with van der Waals surface area (Å²) in [5, 5.41) is 8.18. The first-order valence-corrected chi connectivity index (χ1v) is 7.54. The Kier molecular flexibility index (Phi) is 5.39. The number of nitrogens with one attached hydrogen (secondary N) is 1. The quantitative estimate of drug-likeness (QED) is 0.847. The second-order valence-corrected chi connectivity index (χ2v) is 5.38. The zero-order valence-corrected chi connectivity index (χ0v) is 13.3. The molecule has 1 heterocycles. The first kappa shape index (κ1) is 15.6. The molecule has 0 saturated heterocycles. The van der Waals surface area contributed by atoms with Gasteiger partial charge in [-0.15, -0.1) is 0 Å². The summed E-state index contributed by atoms with van der Waals surface area (Å²) in [5.74, 6) is 0.885. The molecule has 114 valence electrons. The maximum absolute atomic E-state index is 5.24. The van der Waals surface area contributed by atoms with Crippen molar-refractivity contribution in [2.45, 2.75) is 39.3 Å². The highest BCUT2D eigenvalue weighted by Crippen LogP contribution is 2.27. The molecule has 4 heteroatoms. The van der Waals surface area contributed by atoms with Crippen LogP contribution in [0, 0.1) is 6.92 Å². The van der Waals surface area contributed by atoms with Crippen LogP contribution in [0.1, 0.15) is 43.6 Å². The van der Waals surface area contributed by atoms with Gasteiger partial charge < -0.3 is 10.1 Å². The van der Waals surface area contributed by atoms with Crippen molar-refractivity contribution in [1.29, 1.82) is 0 Å². The van der Waals surface area contributed by atoms with Gasteiger partial charge >= 0.3 is 0 Å². The van der Waals surface area contributed by atoms with Crippen molar-refractivity contribution < 1.29 is 4.74 Å². The monoisotopic (exact) mass is 287 g/mol. The third kappa shape index (κ3) is 3.85. The van der Waals surface area contributed by atoms with E-state index in [-0.39, 0.29) is 12.1 Å². The lowest BCUT2D eigenvalue weighted by Crippen LogP contribution is -2.29. The second kappa shape index (κ2) is 7.27. The minimum Gasteiger partial charge on any atom is -0.497 e. The summed E-state index contributed by atoms with van der Waals surface area (Å²) in [5.41, 5.74) is 2.30. The Bertz CT molecular complexity index is 547. The number of nitrogens with zero attached hydrogens (tertiary/aromatic N) is 2. The van der Waals surface area contributed by atoms with E-state index in [0.29, 0.717) is 0 Å². The summed E-state index contributed by atoms with van der Waals surface area (Å²) < 4.78 is 7.28. The molecule has 0 saturated carbocycles. The summed E-state index contributed by atoms with van der Waals surface area (Å²) >= 11 is 0. The number of methoxy groups -OCH3 is 1. The maximum atomic E-state index is 5.24. The van der Waals surface area contributed by atoms with Crippen molar-refractivity contribution in [2.75, 3.05) is 13.7 Å². The normalized spacial score (nSPS) is 13.9. The van der Waals surface area contributed by atoms with Gasteiger partial charge in [0.05, 0.1) is 24.9 Å². The molecule has 2 rings (SSSR count). The molecule has 0 radical (unpaired) electrons. The van der Waals surface area contributed by atoms with Crippen LogP contribution in [0.2, 0.25) is 0 Å². The van der Waals surface area contributed by atoms with Crippen molar-refractivity contribution >= 4 is 0 Å². The van der Waals surface area contributed by atoms with Gasteiger partial charge in [0.2, 0.25) is 0 Å². The number of ether oxygens (including phenoxy) is 1. The zero-order valence-electron chi connectivity index (χ0n) is 13.3. The third-order valence-electron chi connectivity index (χ3n) is 3.73. The Balaban J connectivity index is 2.23. The van der Waals surface area contributed by atoms with E-state index in [1.165, 1.54) is 5.56 Å². The molecule has 1 N–H and O–H groups in total. The fraction of sp³-hybridized carbons (Fsp3) is 0.471. The average Bonchev–Trinajstić information content (AvgIpc) is 2.94. The SMILES string of the molecule is CCCNC(c1ccc(OC)cc1)C(C)n1ccc(C)n1. The van der Waals surface area contributed by atoms with Crippen LogP contribution in [0.5, 0.6) is 5.75 Å². The van der Waals surface area contributed by atoms with Gasteiger partial charge in [0.1, 0.15) is 5.75 Å². The number of benzene rings is 1. The maximum Gasteiger partial charge on any atom is 0.118 e. The molecule has 2 aromatic rings. The Morgan fingerprint density at radius 2 is 1.95 bits per heavy atom. The molecule has 0 amide bonds. The average molecular weight is 287 g/mol. The summed E-state index contributed by atoms with van der Waals surface area (Å²) in [6, 6.07) is 10.8. The molecule has 2 unspecified atom stereocenters. The Labute approximate surface area is 127 Å². The van der Waals surface area contributed by atoms with Gasteiger partial charge in [-0.05, 0) is 50.6 Å². The van der Waals surface area contributed by atoms with E-state index in [2.05, 4.69) is 36.4 Å². The van der Waals surface area contributed by atoms with Crippen molar-refractivity contribution in [3.8, 4) is 5.75 Å². The molecule has 0 spiro atoms. The predicted octanol–water partition coefficient (Wildman–Crippen LogP) is 3.50. The summed E-state index contributed by atoms with van der Waals surface area (Å²) in [4.78, 5) is 0. The molecule has 4 nitrogen and oxygen atoms in total. The van der Waals surface area contributed by atoms with Gasteiger partial charge in [-0.2, -0.15) is 5.10 Å². The van der Waals surface area contributed by atoms with Crippen LogP contribution >= 0.6 is 0 Å². The molecule has 0 bridgehead atoms. The molecule has 2 atom stereocenters. The topological polar surface area (TPSA) is 39.1 Å². The van der Waals surface area contributed by atoms with E-state index in [0.717, 1.165) is 24.4 Å². The fourth-order valence-electron chi connectivity index (χ4n) is 2.49. The van der Waals surface area contributed by atoms with Gasteiger partial charge in [0.15, 0.2) is 0 Å². The lowest BCUT2D eigenvalue weighted by molar-refractivity contribution is 0.352. The number of aromatic nitrogens is 2. The van der Waals surface area contributed by atoms with E-state index in [1.807, 2.05) is 36.0 Å². The molecule has 0 aliphatic carbocycles. The van der Waals surface area contributed by atoms with Crippen molar-refractivity contribution in [3.05, 3.63) is 47.8 Å². The Hall–Kier alpha value is -1.81. The number of aryl methyl sites for hydroxylation is 1. The molecule has 21 heavy (non-hydrogen) atoms. The highest BCUT2D eigenvalue weighted by atomic mass is 16.5. The Morgan fingerprint density at radius 1 is 1.24 bits per heavy atom. The van der Waals surface area contributed by atoms with E-state index in [9.17, 15) is 0 Å². The fourth-order valence-corrected chi connectivity index (χ4v) is 2.49. The van der Waals surface area contributed by atoms with Gasteiger partial charge in [-0.3, -0.25) is 4.68 Å². The van der Waals surface area contributed by atoms with Gasteiger partial charge in [0.25, 0.3) is 0 Å². The summed E-state index contributed by atoms with van der Waals surface area (Å²) in [6.07, 6.45) is 3.15. The van der Waals surface area contributed by atoms with Gasteiger partial charge in [-0.25, -0.2) is 0 Å². The van der Waals surface area contributed by atoms with Crippen LogP contribution in [0.25, 0.3) is 0 Å². The molecular weight excluding hydrogens is 262 g/mol. The number of hydrogen-bond acceptors (Lipinski definition) is 3. The van der Waals surface area contributed by atoms with Crippen LogP contribution in [0.4, 0.5) is 0 Å². The van der Waals surface area contributed by atoms with Crippen LogP contribution < -0.4 is 10.1 Å². The molecular formula is C17H25N3O. The molecule has 0 aliphatic heterocycles. The van der Waals surface area contributed by atoms with Crippen LogP contribution in [-0.4, -0.2) is 23.4 Å². The lowest BCUT2D eigenvalue weighted by Gasteiger charge is -2.26. The number of hydrogen-bond donors (Lipinski definition) is 1. The molecule has 1 aromatic carbocycles. The predicted molar refractivity (Wildman–Crippen MR) is 85.7 cm³/mol. The van der Waals surface area contributed by atoms with Crippen molar-refractivity contribution in [2.24, 2.45) is 0 Å². The van der Waals surface area contributed by atoms with Gasteiger partial charge in [-0.1, -0.05) is 19.1 Å². The minimum atomic E-state index is 0.232. The summed E-state index contributed by atoms with van der Waals surface area (Å²) in [7, 11) is 1.69. The van der Waals surface area contributed by atoms with Crippen LogP contribution in [0.15, 0.2) is 36.5 Å². The highest BCUT2D eigenvalue weighted by Gasteiger charge is 2.20. The van der Waals surface area contributed by atoms with E-state index < -0.39 is 0 Å². The highest BCUT2D eigenvalue weighted by molar-refractivity contribution is 5.29. The smallest absolute Gasteiger partial charge is 0.118 e.